The van der Waals surface area contributed by atoms with Crippen LogP contribution >= 0.6 is 0 Å². The number of piperidine rings is 1. The van der Waals surface area contributed by atoms with E-state index in [0.29, 0.717) is 31.6 Å². The summed E-state index contributed by atoms with van der Waals surface area (Å²) in [4.78, 5) is 32.7. The molecule has 0 aliphatic carbocycles. The number of aromatic nitrogens is 1. The van der Waals surface area contributed by atoms with Gasteiger partial charge < -0.3 is 10.2 Å². The molecule has 5 heteroatoms. The molecular formula is C28H29N3O2. The molecule has 2 heterocycles. The molecule has 3 aromatic rings. The van der Waals surface area contributed by atoms with Crippen molar-refractivity contribution in [2.45, 2.75) is 19.3 Å². The summed E-state index contributed by atoms with van der Waals surface area (Å²) in [6.45, 7) is 5.17. The van der Waals surface area contributed by atoms with Gasteiger partial charge in [0.1, 0.15) is 0 Å². The van der Waals surface area contributed by atoms with Gasteiger partial charge in [-0.1, -0.05) is 48.5 Å². The third-order valence-electron chi connectivity index (χ3n) is 6.31. The Bertz CT molecular complexity index is 1110. The molecule has 1 N–H and O–H groups in total. The van der Waals surface area contributed by atoms with Crippen LogP contribution in [0.15, 0.2) is 91.8 Å². The highest BCUT2D eigenvalue weighted by Crippen LogP contribution is 2.37. The minimum Gasteiger partial charge on any atom is -0.352 e. The van der Waals surface area contributed by atoms with Gasteiger partial charge in [-0.15, -0.1) is 6.58 Å². The number of carbonyl (C=O) groups excluding carboxylic acids is 2. The second kappa shape index (κ2) is 10.3. The van der Waals surface area contributed by atoms with E-state index in [9.17, 15) is 9.59 Å². The summed E-state index contributed by atoms with van der Waals surface area (Å²) in [6, 6.07) is 21.4. The fourth-order valence-electron chi connectivity index (χ4n) is 4.68. The van der Waals surface area contributed by atoms with E-state index in [1.165, 1.54) is 0 Å². The molecule has 0 spiro atoms. The van der Waals surface area contributed by atoms with Gasteiger partial charge in [-0.3, -0.25) is 14.6 Å². The lowest BCUT2D eigenvalue weighted by atomic mass is 9.73. The maximum Gasteiger partial charge on any atom is 0.253 e. The summed E-state index contributed by atoms with van der Waals surface area (Å²) < 4.78 is 0. The standard InChI is InChI=1S/C28H29N3O2/c1-2-16-30-27(33)28(15-8-19-31(21-28)26(32)23-9-4-3-5-10-23)20-24-11-6-7-12-25(24)22-13-17-29-18-14-22/h2-7,9-14,17-18H,1,8,15-16,19-21H2,(H,30,33)/t28-/m1/s1. The summed E-state index contributed by atoms with van der Waals surface area (Å²) in [6.07, 6.45) is 7.29. The van der Waals surface area contributed by atoms with E-state index in [4.69, 9.17) is 0 Å². The zero-order valence-corrected chi connectivity index (χ0v) is 18.7. The van der Waals surface area contributed by atoms with E-state index < -0.39 is 5.41 Å². The molecule has 0 unspecified atom stereocenters. The number of hydrogen-bond acceptors (Lipinski definition) is 3. The fraction of sp³-hybridized carbons (Fsp3) is 0.250. The van der Waals surface area contributed by atoms with Gasteiger partial charge in [-0.25, -0.2) is 0 Å². The van der Waals surface area contributed by atoms with Gasteiger partial charge in [0, 0.05) is 37.6 Å². The molecule has 33 heavy (non-hydrogen) atoms. The first-order valence-corrected chi connectivity index (χ1v) is 11.3. The number of rotatable bonds is 7. The lowest BCUT2D eigenvalue weighted by Crippen LogP contribution is -2.54. The van der Waals surface area contributed by atoms with Crippen LogP contribution in [0.4, 0.5) is 0 Å². The molecule has 2 amide bonds. The Morgan fingerprint density at radius 1 is 1.03 bits per heavy atom. The average molecular weight is 440 g/mol. The molecule has 1 saturated heterocycles. The first-order valence-electron chi connectivity index (χ1n) is 11.3. The fourth-order valence-corrected chi connectivity index (χ4v) is 4.68. The topological polar surface area (TPSA) is 62.3 Å². The molecular weight excluding hydrogens is 410 g/mol. The Hall–Kier alpha value is -3.73. The van der Waals surface area contributed by atoms with Crippen molar-refractivity contribution in [3.8, 4) is 11.1 Å². The lowest BCUT2D eigenvalue weighted by Gasteiger charge is -2.42. The highest BCUT2D eigenvalue weighted by atomic mass is 16.2. The number of benzene rings is 2. The van der Waals surface area contributed by atoms with Crippen molar-refractivity contribution >= 4 is 11.8 Å². The third kappa shape index (κ3) is 5.03. The van der Waals surface area contributed by atoms with Crippen molar-refractivity contribution < 1.29 is 9.59 Å². The van der Waals surface area contributed by atoms with Gasteiger partial charge in [0.2, 0.25) is 5.91 Å². The van der Waals surface area contributed by atoms with Crippen LogP contribution in [0.25, 0.3) is 11.1 Å². The van der Waals surface area contributed by atoms with Crippen molar-refractivity contribution in [3.63, 3.8) is 0 Å². The highest BCUT2D eigenvalue weighted by molar-refractivity contribution is 5.95. The predicted molar refractivity (Wildman–Crippen MR) is 131 cm³/mol. The number of nitrogens with one attached hydrogen (secondary N) is 1. The second-order valence-electron chi connectivity index (χ2n) is 8.55. The van der Waals surface area contributed by atoms with Crippen molar-refractivity contribution in [2.24, 2.45) is 5.41 Å². The minimum absolute atomic E-state index is 0.0291. The van der Waals surface area contributed by atoms with E-state index in [0.717, 1.165) is 29.5 Å². The number of hydrogen-bond donors (Lipinski definition) is 1. The van der Waals surface area contributed by atoms with Crippen LogP contribution in [0.1, 0.15) is 28.8 Å². The third-order valence-corrected chi connectivity index (χ3v) is 6.31. The van der Waals surface area contributed by atoms with Gasteiger partial charge in [0.15, 0.2) is 0 Å². The first kappa shape index (κ1) is 22.5. The molecule has 1 aliphatic heterocycles. The van der Waals surface area contributed by atoms with Crippen molar-refractivity contribution in [1.29, 1.82) is 0 Å². The molecule has 4 rings (SSSR count). The largest absolute Gasteiger partial charge is 0.352 e. The highest BCUT2D eigenvalue weighted by Gasteiger charge is 2.43. The lowest BCUT2D eigenvalue weighted by molar-refractivity contribution is -0.133. The molecule has 1 fully saturated rings. The molecule has 2 aromatic carbocycles. The molecule has 0 saturated carbocycles. The summed E-state index contributed by atoms with van der Waals surface area (Å²) in [5, 5.41) is 3.02. The summed E-state index contributed by atoms with van der Waals surface area (Å²) >= 11 is 0. The normalized spacial score (nSPS) is 17.9. The molecule has 5 nitrogen and oxygen atoms in total. The van der Waals surface area contributed by atoms with Crippen molar-refractivity contribution in [2.75, 3.05) is 19.6 Å². The minimum atomic E-state index is -0.713. The molecule has 0 bridgehead atoms. The van der Waals surface area contributed by atoms with E-state index in [1.54, 1.807) is 18.5 Å². The summed E-state index contributed by atoms with van der Waals surface area (Å²) in [5.41, 5.74) is 3.18. The first-order chi connectivity index (χ1) is 16.1. The van der Waals surface area contributed by atoms with Gasteiger partial charge in [-0.05, 0) is 60.2 Å². The predicted octanol–water partition coefficient (Wildman–Crippen LogP) is 4.52. The monoisotopic (exact) mass is 439 g/mol. The van der Waals surface area contributed by atoms with Crippen LogP contribution in [-0.4, -0.2) is 41.3 Å². The van der Waals surface area contributed by atoms with E-state index >= 15 is 0 Å². The molecule has 1 aliphatic rings. The van der Waals surface area contributed by atoms with Crippen LogP contribution in [0.2, 0.25) is 0 Å². The van der Waals surface area contributed by atoms with Crippen LogP contribution in [0.3, 0.4) is 0 Å². The number of pyridine rings is 1. The van der Waals surface area contributed by atoms with Crippen LogP contribution in [0.5, 0.6) is 0 Å². The Balaban J connectivity index is 1.68. The van der Waals surface area contributed by atoms with Crippen LogP contribution in [-0.2, 0) is 11.2 Å². The number of nitrogens with zero attached hydrogens (tertiary/aromatic N) is 2. The molecule has 168 valence electrons. The maximum atomic E-state index is 13.5. The summed E-state index contributed by atoms with van der Waals surface area (Å²) in [5.74, 6) is -0.0592. The molecule has 1 aromatic heterocycles. The van der Waals surface area contributed by atoms with Gasteiger partial charge in [-0.2, -0.15) is 0 Å². The number of carbonyl (C=O) groups is 2. The van der Waals surface area contributed by atoms with E-state index in [-0.39, 0.29) is 11.8 Å². The van der Waals surface area contributed by atoms with Crippen LogP contribution in [0, 0.1) is 5.41 Å². The zero-order chi connectivity index (χ0) is 23.1. The van der Waals surface area contributed by atoms with Gasteiger partial charge in [0.05, 0.1) is 5.41 Å². The van der Waals surface area contributed by atoms with E-state index in [2.05, 4.69) is 29.0 Å². The van der Waals surface area contributed by atoms with E-state index in [1.807, 2.05) is 59.5 Å². The Kier molecular flexibility index (Phi) is 6.98. The van der Waals surface area contributed by atoms with Gasteiger partial charge in [0.25, 0.3) is 5.91 Å². The Morgan fingerprint density at radius 3 is 2.52 bits per heavy atom. The van der Waals surface area contributed by atoms with Crippen molar-refractivity contribution in [3.05, 3.63) is 103 Å². The Morgan fingerprint density at radius 2 is 1.76 bits per heavy atom. The smallest absolute Gasteiger partial charge is 0.253 e. The zero-order valence-electron chi connectivity index (χ0n) is 18.7. The van der Waals surface area contributed by atoms with Crippen molar-refractivity contribution in [1.82, 2.24) is 15.2 Å². The molecule has 0 radical (unpaired) electrons. The SMILES string of the molecule is C=CCNC(=O)[C@@]1(Cc2ccccc2-c2ccncc2)CCCN(C(=O)c2ccccc2)C1. The number of amides is 2. The molecule has 1 atom stereocenters. The maximum absolute atomic E-state index is 13.5. The average Bonchev–Trinajstić information content (AvgIpc) is 2.88. The Labute approximate surface area is 195 Å². The second-order valence-corrected chi connectivity index (χ2v) is 8.55. The quantitative estimate of drug-likeness (QED) is 0.551. The summed E-state index contributed by atoms with van der Waals surface area (Å²) in [7, 11) is 0. The van der Waals surface area contributed by atoms with Crippen LogP contribution < -0.4 is 5.32 Å². The van der Waals surface area contributed by atoms with Gasteiger partial charge >= 0.3 is 0 Å². The number of likely N-dealkylation sites (tertiary alicyclic amines) is 1.